The molecular formula is C8H15N5OS. The summed E-state index contributed by atoms with van der Waals surface area (Å²) in [5.41, 5.74) is 10.3. The summed E-state index contributed by atoms with van der Waals surface area (Å²) in [5.74, 6) is 0.0815. The molecule has 5 N–H and O–H groups in total. The Labute approximate surface area is 93.7 Å². The Balaban J connectivity index is 2.32. The average Bonchev–Trinajstić information content (AvgIpc) is 2.41. The second-order valence-electron chi connectivity index (χ2n) is 3.35. The highest BCUT2D eigenvalue weighted by atomic mass is 32.1. The Hall–Kier alpha value is -1.37. The summed E-state index contributed by atoms with van der Waals surface area (Å²) >= 11 is 4.94. The predicted molar refractivity (Wildman–Crippen MR) is 62.2 cm³/mol. The SMILES string of the molecule is CN1C(=O)[C@H](CCCN=C(N)N)NC1=S. The molecule has 0 aromatic carbocycles. The molecule has 0 unspecified atom stereocenters. The number of amides is 1. The van der Waals surface area contributed by atoms with Crippen LogP contribution in [0.3, 0.4) is 0 Å². The van der Waals surface area contributed by atoms with E-state index in [1.807, 2.05) is 0 Å². The van der Waals surface area contributed by atoms with Crippen LogP contribution in [0.25, 0.3) is 0 Å². The number of nitrogens with one attached hydrogen (secondary N) is 1. The molecule has 0 aromatic rings. The van der Waals surface area contributed by atoms with Gasteiger partial charge in [0.1, 0.15) is 6.04 Å². The van der Waals surface area contributed by atoms with Crippen molar-refractivity contribution in [3.05, 3.63) is 0 Å². The molecule has 1 saturated heterocycles. The van der Waals surface area contributed by atoms with Crippen LogP contribution in [0.2, 0.25) is 0 Å². The fourth-order valence-electron chi connectivity index (χ4n) is 1.34. The first-order valence-corrected chi connectivity index (χ1v) is 5.06. The summed E-state index contributed by atoms with van der Waals surface area (Å²) in [4.78, 5) is 16.8. The van der Waals surface area contributed by atoms with Gasteiger partial charge in [-0.05, 0) is 25.1 Å². The lowest BCUT2D eigenvalue weighted by molar-refractivity contribution is -0.126. The topological polar surface area (TPSA) is 96.7 Å². The van der Waals surface area contributed by atoms with Gasteiger partial charge >= 0.3 is 0 Å². The van der Waals surface area contributed by atoms with Crippen LogP contribution in [0.5, 0.6) is 0 Å². The Morgan fingerprint density at radius 2 is 2.33 bits per heavy atom. The van der Waals surface area contributed by atoms with E-state index in [4.69, 9.17) is 23.7 Å². The smallest absolute Gasteiger partial charge is 0.251 e. The average molecular weight is 229 g/mol. The molecule has 84 valence electrons. The van der Waals surface area contributed by atoms with Crippen molar-refractivity contribution < 1.29 is 4.79 Å². The Bertz CT molecular complexity index is 299. The van der Waals surface area contributed by atoms with E-state index in [1.165, 1.54) is 4.90 Å². The van der Waals surface area contributed by atoms with Gasteiger partial charge < -0.3 is 16.8 Å². The molecule has 0 bridgehead atoms. The van der Waals surface area contributed by atoms with Crippen LogP contribution in [0, 0.1) is 0 Å². The summed E-state index contributed by atoms with van der Waals surface area (Å²) < 4.78 is 0. The molecule has 15 heavy (non-hydrogen) atoms. The molecule has 0 aliphatic carbocycles. The minimum atomic E-state index is -0.225. The number of likely N-dealkylation sites (N-methyl/N-ethyl adjacent to an activating group) is 1. The normalized spacial score (nSPS) is 20.3. The lowest BCUT2D eigenvalue weighted by Gasteiger charge is -2.06. The third-order valence-corrected chi connectivity index (χ3v) is 2.57. The van der Waals surface area contributed by atoms with E-state index in [-0.39, 0.29) is 17.9 Å². The first-order valence-electron chi connectivity index (χ1n) is 4.66. The lowest BCUT2D eigenvalue weighted by atomic mass is 10.1. The van der Waals surface area contributed by atoms with Gasteiger partial charge in [-0.15, -0.1) is 0 Å². The van der Waals surface area contributed by atoms with Gasteiger partial charge in [-0.3, -0.25) is 14.7 Å². The monoisotopic (exact) mass is 229 g/mol. The summed E-state index contributed by atoms with van der Waals surface area (Å²) in [6.45, 7) is 0.532. The first kappa shape index (κ1) is 11.7. The van der Waals surface area contributed by atoms with Crippen molar-refractivity contribution in [2.75, 3.05) is 13.6 Å². The zero-order valence-corrected chi connectivity index (χ0v) is 9.38. The standard InChI is InChI=1S/C8H15N5OS/c1-13-6(14)5(12-8(13)15)3-2-4-11-7(9)10/h5H,2-4H2,1H3,(H,12,15)(H4,9,10,11)/t5-/m0/s1. The van der Waals surface area contributed by atoms with Gasteiger partial charge in [-0.1, -0.05) is 0 Å². The van der Waals surface area contributed by atoms with Crippen molar-refractivity contribution in [3.63, 3.8) is 0 Å². The van der Waals surface area contributed by atoms with Gasteiger partial charge in [0.2, 0.25) is 0 Å². The van der Waals surface area contributed by atoms with Crippen LogP contribution in [-0.2, 0) is 4.79 Å². The number of carbonyl (C=O) groups is 1. The molecule has 0 radical (unpaired) electrons. The summed E-state index contributed by atoms with van der Waals surface area (Å²) in [6, 6.07) is -0.225. The molecule has 0 aromatic heterocycles. The number of thiocarbonyl (C=S) groups is 1. The number of hydrogen-bond donors (Lipinski definition) is 3. The molecule has 1 aliphatic heterocycles. The maximum atomic E-state index is 11.5. The van der Waals surface area contributed by atoms with E-state index < -0.39 is 0 Å². The molecule has 1 amide bonds. The van der Waals surface area contributed by atoms with E-state index in [2.05, 4.69) is 10.3 Å². The maximum absolute atomic E-state index is 11.5. The van der Waals surface area contributed by atoms with Gasteiger partial charge in [-0.25, -0.2) is 0 Å². The van der Waals surface area contributed by atoms with E-state index in [1.54, 1.807) is 7.05 Å². The van der Waals surface area contributed by atoms with Crippen LogP contribution in [0.4, 0.5) is 0 Å². The van der Waals surface area contributed by atoms with E-state index in [0.29, 0.717) is 18.1 Å². The number of hydrogen-bond acceptors (Lipinski definition) is 3. The largest absolute Gasteiger partial charge is 0.370 e. The Kier molecular flexibility index (Phi) is 3.84. The second-order valence-corrected chi connectivity index (χ2v) is 3.73. The van der Waals surface area contributed by atoms with Crippen molar-refractivity contribution in [3.8, 4) is 0 Å². The molecule has 7 heteroatoms. The first-order chi connectivity index (χ1) is 7.02. The highest BCUT2D eigenvalue weighted by Crippen LogP contribution is 2.09. The van der Waals surface area contributed by atoms with Gasteiger partial charge in [0, 0.05) is 13.6 Å². The van der Waals surface area contributed by atoms with Gasteiger partial charge in [0.15, 0.2) is 11.1 Å². The molecule has 6 nitrogen and oxygen atoms in total. The van der Waals surface area contributed by atoms with E-state index >= 15 is 0 Å². The minimum absolute atomic E-state index is 0.00435. The molecule has 1 atom stereocenters. The highest BCUT2D eigenvalue weighted by Gasteiger charge is 2.31. The minimum Gasteiger partial charge on any atom is -0.370 e. The fourth-order valence-corrected chi connectivity index (χ4v) is 1.57. The number of rotatable bonds is 4. The zero-order valence-electron chi connectivity index (χ0n) is 8.56. The summed E-state index contributed by atoms with van der Waals surface area (Å²) in [6.07, 6.45) is 1.43. The predicted octanol–water partition coefficient (Wildman–Crippen LogP) is -1.24. The number of aliphatic imine (C=N–C) groups is 1. The quantitative estimate of drug-likeness (QED) is 0.242. The third kappa shape index (κ3) is 3.05. The summed E-state index contributed by atoms with van der Waals surface area (Å²) in [5, 5.41) is 3.42. The molecule has 1 heterocycles. The van der Waals surface area contributed by atoms with Crippen LogP contribution in [0.1, 0.15) is 12.8 Å². The Morgan fingerprint density at radius 1 is 1.67 bits per heavy atom. The molecule has 1 aliphatic rings. The van der Waals surface area contributed by atoms with Gasteiger partial charge in [0.25, 0.3) is 5.91 Å². The van der Waals surface area contributed by atoms with Crippen LogP contribution in [0.15, 0.2) is 4.99 Å². The third-order valence-electron chi connectivity index (χ3n) is 2.18. The number of carbonyl (C=O) groups excluding carboxylic acids is 1. The maximum Gasteiger partial charge on any atom is 0.251 e. The number of nitrogens with two attached hydrogens (primary N) is 2. The Morgan fingerprint density at radius 3 is 2.80 bits per heavy atom. The van der Waals surface area contributed by atoms with Crippen molar-refractivity contribution in [2.45, 2.75) is 18.9 Å². The van der Waals surface area contributed by atoms with Crippen LogP contribution < -0.4 is 16.8 Å². The zero-order chi connectivity index (χ0) is 11.4. The number of guanidine groups is 1. The molecule has 0 saturated carbocycles. The van der Waals surface area contributed by atoms with Crippen molar-refractivity contribution in [2.24, 2.45) is 16.5 Å². The lowest BCUT2D eigenvalue weighted by Crippen LogP contribution is -2.29. The van der Waals surface area contributed by atoms with Crippen molar-refractivity contribution in [1.82, 2.24) is 10.2 Å². The van der Waals surface area contributed by atoms with E-state index in [0.717, 1.165) is 6.42 Å². The molecule has 1 fully saturated rings. The van der Waals surface area contributed by atoms with Crippen LogP contribution in [-0.4, -0.2) is 41.5 Å². The van der Waals surface area contributed by atoms with E-state index in [9.17, 15) is 4.79 Å². The van der Waals surface area contributed by atoms with Crippen LogP contribution >= 0.6 is 12.2 Å². The highest BCUT2D eigenvalue weighted by molar-refractivity contribution is 7.80. The molecular weight excluding hydrogens is 214 g/mol. The second kappa shape index (κ2) is 4.92. The fraction of sp³-hybridized carbons (Fsp3) is 0.625. The summed E-state index contributed by atoms with van der Waals surface area (Å²) in [7, 11) is 1.66. The molecule has 0 spiro atoms. The number of nitrogens with zero attached hydrogens (tertiary/aromatic N) is 2. The van der Waals surface area contributed by atoms with Gasteiger partial charge in [0.05, 0.1) is 0 Å². The van der Waals surface area contributed by atoms with Gasteiger partial charge in [-0.2, -0.15) is 0 Å². The molecule has 1 rings (SSSR count). The van der Waals surface area contributed by atoms with Crippen molar-refractivity contribution in [1.29, 1.82) is 0 Å². The van der Waals surface area contributed by atoms with Crippen molar-refractivity contribution >= 4 is 29.2 Å².